The summed E-state index contributed by atoms with van der Waals surface area (Å²) in [7, 11) is 1.63. The molecule has 0 amide bonds. The molecule has 0 saturated heterocycles. The second-order valence-corrected chi connectivity index (χ2v) is 6.66. The van der Waals surface area contributed by atoms with Gasteiger partial charge in [0, 0.05) is 17.1 Å². The van der Waals surface area contributed by atoms with Crippen LogP contribution in [0.2, 0.25) is 0 Å². The zero-order chi connectivity index (χ0) is 15.8. The number of anilines is 2. The van der Waals surface area contributed by atoms with Crippen molar-refractivity contribution in [2.75, 3.05) is 12.4 Å². The number of hydrogen-bond acceptors (Lipinski definition) is 6. The van der Waals surface area contributed by atoms with Crippen LogP contribution in [0.5, 0.6) is 5.75 Å². The molecule has 0 bridgehead atoms. The molecule has 5 nitrogen and oxygen atoms in total. The SMILES string of the molecule is COc1cc2nncc(Nc3ccc4scnc4c3)c2cc1Br. The number of ether oxygens (including phenoxy) is 1. The minimum Gasteiger partial charge on any atom is -0.495 e. The predicted octanol–water partition coefficient (Wildman–Crippen LogP) is 4.75. The monoisotopic (exact) mass is 386 g/mol. The average Bonchev–Trinajstić information content (AvgIpc) is 3.02. The summed E-state index contributed by atoms with van der Waals surface area (Å²) in [5, 5.41) is 12.6. The molecule has 1 N–H and O–H groups in total. The fraction of sp³-hybridized carbons (Fsp3) is 0.0625. The predicted molar refractivity (Wildman–Crippen MR) is 96.7 cm³/mol. The largest absolute Gasteiger partial charge is 0.495 e. The molecule has 4 rings (SSSR count). The molecular weight excluding hydrogens is 376 g/mol. The van der Waals surface area contributed by atoms with Crippen molar-refractivity contribution in [2.45, 2.75) is 0 Å². The van der Waals surface area contributed by atoms with Crippen molar-refractivity contribution in [3.63, 3.8) is 0 Å². The summed E-state index contributed by atoms with van der Waals surface area (Å²) in [4.78, 5) is 4.35. The molecule has 23 heavy (non-hydrogen) atoms. The van der Waals surface area contributed by atoms with E-state index in [4.69, 9.17) is 4.74 Å². The van der Waals surface area contributed by atoms with E-state index in [2.05, 4.69) is 42.5 Å². The molecule has 2 aromatic carbocycles. The first-order chi connectivity index (χ1) is 11.2. The number of benzene rings is 2. The lowest BCUT2D eigenvalue weighted by Crippen LogP contribution is -1.95. The van der Waals surface area contributed by atoms with Crippen molar-refractivity contribution in [3.05, 3.63) is 46.5 Å². The highest BCUT2D eigenvalue weighted by Crippen LogP contribution is 2.33. The molecule has 4 aromatic rings. The maximum Gasteiger partial charge on any atom is 0.135 e. The van der Waals surface area contributed by atoms with Gasteiger partial charge in [-0.3, -0.25) is 0 Å². The number of aromatic nitrogens is 3. The highest BCUT2D eigenvalue weighted by molar-refractivity contribution is 9.10. The van der Waals surface area contributed by atoms with E-state index in [-0.39, 0.29) is 0 Å². The van der Waals surface area contributed by atoms with E-state index in [0.717, 1.165) is 38.0 Å². The van der Waals surface area contributed by atoms with Gasteiger partial charge in [-0.15, -0.1) is 11.3 Å². The van der Waals surface area contributed by atoms with Gasteiger partial charge in [0.2, 0.25) is 0 Å². The Morgan fingerprint density at radius 3 is 2.96 bits per heavy atom. The maximum absolute atomic E-state index is 5.31. The summed E-state index contributed by atoms with van der Waals surface area (Å²) in [6.45, 7) is 0. The average molecular weight is 387 g/mol. The summed E-state index contributed by atoms with van der Waals surface area (Å²) in [5.74, 6) is 0.729. The fourth-order valence-corrected chi connectivity index (χ4v) is 3.57. The number of fused-ring (bicyclic) bond motifs is 2. The smallest absolute Gasteiger partial charge is 0.135 e. The van der Waals surface area contributed by atoms with Crippen molar-refractivity contribution in [1.29, 1.82) is 0 Å². The quantitative estimate of drug-likeness (QED) is 0.550. The third kappa shape index (κ3) is 2.62. The Bertz CT molecular complexity index is 1020. The van der Waals surface area contributed by atoms with E-state index in [9.17, 15) is 0 Å². The molecule has 0 fully saturated rings. The van der Waals surface area contributed by atoms with Crippen molar-refractivity contribution in [2.24, 2.45) is 0 Å². The van der Waals surface area contributed by atoms with Crippen LogP contribution in [0.3, 0.4) is 0 Å². The second kappa shape index (κ2) is 5.75. The standard InChI is InChI=1S/C16H11BrN4OS/c1-22-15-6-12-10(5-11(15)17)14(7-19-21-12)20-9-2-3-16-13(4-9)18-8-23-16/h2-8H,1H3,(H,20,21). The van der Waals surface area contributed by atoms with Crippen LogP contribution in [-0.4, -0.2) is 22.3 Å². The Morgan fingerprint density at radius 2 is 2.09 bits per heavy atom. The third-order valence-corrected chi connectivity index (χ3v) is 4.95. The lowest BCUT2D eigenvalue weighted by atomic mass is 10.2. The van der Waals surface area contributed by atoms with Gasteiger partial charge in [0.15, 0.2) is 0 Å². The van der Waals surface area contributed by atoms with Gasteiger partial charge in [0.25, 0.3) is 0 Å². The number of methoxy groups -OCH3 is 1. The molecule has 0 aliphatic carbocycles. The van der Waals surface area contributed by atoms with Crippen molar-refractivity contribution in [1.82, 2.24) is 15.2 Å². The van der Waals surface area contributed by atoms with Gasteiger partial charge in [-0.2, -0.15) is 10.2 Å². The van der Waals surface area contributed by atoms with E-state index in [1.807, 2.05) is 29.8 Å². The summed E-state index contributed by atoms with van der Waals surface area (Å²) < 4.78 is 7.35. The highest BCUT2D eigenvalue weighted by Gasteiger charge is 2.09. The van der Waals surface area contributed by atoms with Crippen LogP contribution in [0.25, 0.3) is 21.1 Å². The minimum absolute atomic E-state index is 0.729. The Labute approximate surface area is 144 Å². The van der Waals surface area contributed by atoms with Crippen LogP contribution in [0.15, 0.2) is 46.5 Å². The number of nitrogens with zero attached hydrogens (tertiary/aromatic N) is 3. The minimum atomic E-state index is 0.729. The number of halogens is 1. The van der Waals surface area contributed by atoms with Crippen LogP contribution < -0.4 is 10.1 Å². The third-order valence-electron chi connectivity index (χ3n) is 3.52. The first-order valence-corrected chi connectivity index (χ1v) is 8.51. The van der Waals surface area contributed by atoms with E-state index >= 15 is 0 Å². The van der Waals surface area contributed by atoms with E-state index < -0.39 is 0 Å². The molecule has 0 saturated carbocycles. The Kier molecular flexibility index (Phi) is 3.59. The maximum atomic E-state index is 5.31. The zero-order valence-corrected chi connectivity index (χ0v) is 14.5. The van der Waals surface area contributed by atoms with E-state index in [1.165, 1.54) is 4.70 Å². The van der Waals surface area contributed by atoms with Gasteiger partial charge in [-0.25, -0.2) is 4.98 Å². The van der Waals surface area contributed by atoms with Crippen molar-refractivity contribution >= 4 is 59.8 Å². The van der Waals surface area contributed by atoms with E-state index in [1.54, 1.807) is 24.6 Å². The van der Waals surface area contributed by atoms with Crippen LogP contribution in [-0.2, 0) is 0 Å². The number of hydrogen-bond donors (Lipinski definition) is 1. The molecule has 7 heteroatoms. The summed E-state index contributed by atoms with van der Waals surface area (Å²) in [5.41, 5.74) is 5.44. The highest BCUT2D eigenvalue weighted by atomic mass is 79.9. The van der Waals surface area contributed by atoms with Gasteiger partial charge in [0.05, 0.1) is 44.7 Å². The Hall–Kier alpha value is -2.25. The molecule has 0 spiro atoms. The summed E-state index contributed by atoms with van der Waals surface area (Å²) in [6.07, 6.45) is 1.71. The zero-order valence-electron chi connectivity index (χ0n) is 12.1. The summed E-state index contributed by atoms with van der Waals surface area (Å²) in [6, 6.07) is 9.96. The normalized spacial score (nSPS) is 11.0. The Morgan fingerprint density at radius 1 is 1.17 bits per heavy atom. The van der Waals surface area contributed by atoms with Crippen molar-refractivity contribution < 1.29 is 4.74 Å². The fourth-order valence-electron chi connectivity index (χ4n) is 2.41. The molecule has 114 valence electrons. The topological polar surface area (TPSA) is 59.9 Å². The molecule has 0 unspecified atom stereocenters. The number of nitrogens with one attached hydrogen (secondary N) is 1. The molecule has 2 aromatic heterocycles. The van der Waals surface area contributed by atoms with E-state index in [0.29, 0.717) is 0 Å². The lowest BCUT2D eigenvalue weighted by molar-refractivity contribution is 0.412. The van der Waals surface area contributed by atoms with Gasteiger partial charge >= 0.3 is 0 Å². The van der Waals surface area contributed by atoms with Gasteiger partial charge in [0.1, 0.15) is 5.75 Å². The first-order valence-electron chi connectivity index (χ1n) is 6.84. The molecule has 2 heterocycles. The first kappa shape index (κ1) is 14.3. The molecule has 0 aliphatic rings. The van der Waals surface area contributed by atoms with Crippen LogP contribution in [0, 0.1) is 0 Å². The van der Waals surface area contributed by atoms with Crippen LogP contribution in [0.4, 0.5) is 11.4 Å². The van der Waals surface area contributed by atoms with Crippen LogP contribution >= 0.6 is 27.3 Å². The second-order valence-electron chi connectivity index (χ2n) is 4.92. The van der Waals surface area contributed by atoms with Crippen LogP contribution in [0.1, 0.15) is 0 Å². The molecular formula is C16H11BrN4OS. The Balaban J connectivity index is 1.80. The number of thiazole rings is 1. The van der Waals surface area contributed by atoms with Crippen molar-refractivity contribution in [3.8, 4) is 5.75 Å². The van der Waals surface area contributed by atoms with Gasteiger partial charge < -0.3 is 10.1 Å². The molecule has 0 radical (unpaired) electrons. The van der Waals surface area contributed by atoms with Gasteiger partial charge in [-0.1, -0.05) is 0 Å². The van der Waals surface area contributed by atoms with Gasteiger partial charge in [-0.05, 0) is 40.2 Å². The number of rotatable bonds is 3. The summed E-state index contributed by atoms with van der Waals surface area (Å²) >= 11 is 5.14. The molecule has 0 atom stereocenters. The lowest BCUT2D eigenvalue weighted by Gasteiger charge is -2.10. The molecule has 0 aliphatic heterocycles.